The largest absolute Gasteiger partial charge is 0.444 e. The van der Waals surface area contributed by atoms with Crippen LogP contribution in [0.5, 0.6) is 0 Å². The zero-order valence-corrected chi connectivity index (χ0v) is 15.0. The Hall–Kier alpha value is -0.850. The van der Waals surface area contributed by atoms with E-state index in [2.05, 4.69) is 15.2 Å². The van der Waals surface area contributed by atoms with E-state index in [1.807, 2.05) is 27.0 Å². The highest BCUT2D eigenvalue weighted by Gasteiger charge is 2.22. The minimum atomic E-state index is -0.450. The first-order valence-corrected chi connectivity index (χ1v) is 8.81. The van der Waals surface area contributed by atoms with E-state index in [0.717, 1.165) is 32.5 Å². The van der Waals surface area contributed by atoms with Gasteiger partial charge in [-0.3, -0.25) is 4.90 Å². The average Bonchev–Trinajstić information content (AvgIpc) is 2.80. The lowest BCUT2D eigenvalue weighted by Crippen LogP contribution is -2.41. The van der Waals surface area contributed by atoms with E-state index in [9.17, 15) is 4.79 Å². The van der Waals surface area contributed by atoms with Crippen molar-refractivity contribution in [3.63, 3.8) is 0 Å². The summed E-state index contributed by atoms with van der Waals surface area (Å²) in [6.45, 7) is 9.21. The topological polar surface area (TPSA) is 54.5 Å². The van der Waals surface area contributed by atoms with Gasteiger partial charge < -0.3 is 10.1 Å². The summed E-state index contributed by atoms with van der Waals surface area (Å²) in [7, 11) is 0. The van der Waals surface area contributed by atoms with E-state index in [0.29, 0.717) is 16.9 Å². The number of alkyl carbamates (subject to hydrolysis) is 1. The van der Waals surface area contributed by atoms with Crippen molar-refractivity contribution in [1.29, 1.82) is 0 Å². The Morgan fingerprint density at radius 2 is 2.36 bits per heavy atom. The molecule has 2 heterocycles. The van der Waals surface area contributed by atoms with Gasteiger partial charge in [-0.2, -0.15) is 0 Å². The van der Waals surface area contributed by atoms with Crippen molar-refractivity contribution >= 4 is 29.0 Å². The first-order valence-electron chi connectivity index (χ1n) is 7.61. The Balaban J connectivity index is 1.75. The second kappa shape index (κ2) is 7.62. The molecule has 124 valence electrons. The smallest absolute Gasteiger partial charge is 0.407 e. The predicted molar refractivity (Wildman–Crippen MR) is 89.4 cm³/mol. The fraction of sp³-hybridized carbons (Fsp3) is 0.733. The number of likely N-dealkylation sites (tertiary alicyclic amines) is 1. The van der Waals surface area contributed by atoms with Gasteiger partial charge in [0.1, 0.15) is 5.60 Å². The number of aromatic nitrogens is 1. The van der Waals surface area contributed by atoms with Crippen LogP contribution in [0.4, 0.5) is 4.79 Å². The zero-order valence-electron chi connectivity index (χ0n) is 13.4. The summed E-state index contributed by atoms with van der Waals surface area (Å²) >= 11 is 7.40. The summed E-state index contributed by atoms with van der Waals surface area (Å²) in [5, 5.41) is 2.88. The van der Waals surface area contributed by atoms with E-state index in [-0.39, 0.29) is 6.09 Å². The second-order valence-electron chi connectivity index (χ2n) is 6.71. The minimum absolute atomic E-state index is 0.334. The third kappa shape index (κ3) is 6.10. The Labute approximate surface area is 141 Å². The maximum absolute atomic E-state index is 11.7. The first kappa shape index (κ1) is 17.5. The van der Waals surface area contributed by atoms with Crippen LogP contribution in [0.3, 0.4) is 0 Å². The van der Waals surface area contributed by atoms with Crippen molar-refractivity contribution in [1.82, 2.24) is 15.2 Å². The molecule has 1 amide bonds. The Morgan fingerprint density at radius 3 is 3.00 bits per heavy atom. The number of nitrogens with one attached hydrogen (secondary N) is 1. The quantitative estimate of drug-likeness (QED) is 0.906. The van der Waals surface area contributed by atoms with Crippen LogP contribution in [0.2, 0.25) is 4.47 Å². The van der Waals surface area contributed by atoms with Crippen LogP contribution in [0.25, 0.3) is 0 Å². The summed E-state index contributed by atoms with van der Waals surface area (Å²) < 4.78 is 5.86. The average molecular weight is 346 g/mol. The van der Waals surface area contributed by atoms with Crippen LogP contribution in [0.15, 0.2) is 6.20 Å². The maximum atomic E-state index is 11.7. The highest BCUT2D eigenvalue weighted by atomic mass is 35.5. The molecule has 1 aliphatic rings. The van der Waals surface area contributed by atoms with Crippen LogP contribution in [-0.4, -0.2) is 41.2 Å². The molecule has 1 atom stereocenters. The lowest BCUT2D eigenvalue weighted by atomic mass is 9.98. The molecule has 1 unspecified atom stereocenters. The van der Waals surface area contributed by atoms with Crippen molar-refractivity contribution in [2.45, 2.75) is 45.8 Å². The number of carbonyl (C=O) groups excluding carboxylic acids is 1. The van der Waals surface area contributed by atoms with E-state index in [4.69, 9.17) is 16.3 Å². The molecule has 1 fully saturated rings. The minimum Gasteiger partial charge on any atom is -0.444 e. The van der Waals surface area contributed by atoms with Gasteiger partial charge in [0.2, 0.25) is 0 Å². The summed E-state index contributed by atoms with van der Waals surface area (Å²) in [4.78, 5) is 19.4. The third-order valence-corrected chi connectivity index (χ3v) is 4.54. The number of amides is 1. The molecule has 5 nitrogen and oxygen atoms in total. The second-order valence-corrected chi connectivity index (χ2v) is 8.40. The van der Waals surface area contributed by atoms with Crippen molar-refractivity contribution in [3.8, 4) is 0 Å². The standard InChI is InChI=1S/C15H24ClN3O2S/c1-15(2,3)21-14(20)18-7-11-5-4-6-19(9-11)10-12-8-17-13(16)22-12/h8,11H,4-7,9-10H2,1-3H3,(H,18,20). The zero-order chi connectivity index (χ0) is 16.2. The van der Waals surface area contributed by atoms with Gasteiger partial charge in [-0.25, -0.2) is 9.78 Å². The summed E-state index contributed by atoms with van der Waals surface area (Å²) in [5.74, 6) is 0.463. The fourth-order valence-electron chi connectivity index (χ4n) is 2.58. The number of halogens is 1. The monoisotopic (exact) mass is 345 g/mol. The number of ether oxygens (including phenoxy) is 1. The Kier molecular flexibility index (Phi) is 6.06. The van der Waals surface area contributed by atoms with Gasteiger partial charge in [0.25, 0.3) is 0 Å². The van der Waals surface area contributed by atoms with Gasteiger partial charge in [0.05, 0.1) is 0 Å². The molecule has 1 saturated heterocycles. The highest BCUT2D eigenvalue weighted by molar-refractivity contribution is 7.15. The molecular formula is C15H24ClN3O2S. The van der Waals surface area contributed by atoms with Crippen molar-refractivity contribution in [3.05, 3.63) is 15.5 Å². The molecule has 2 rings (SSSR count). The molecule has 7 heteroatoms. The number of hydrogen-bond donors (Lipinski definition) is 1. The van der Waals surface area contributed by atoms with Crippen LogP contribution >= 0.6 is 22.9 Å². The van der Waals surface area contributed by atoms with Gasteiger partial charge in [0, 0.05) is 30.7 Å². The maximum Gasteiger partial charge on any atom is 0.407 e. The number of hydrogen-bond acceptors (Lipinski definition) is 5. The Morgan fingerprint density at radius 1 is 1.59 bits per heavy atom. The Bertz CT molecular complexity index is 501. The summed E-state index contributed by atoms with van der Waals surface area (Å²) in [6.07, 6.45) is 3.79. The molecule has 0 spiro atoms. The molecule has 22 heavy (non-hydrogen) atoms. The SMILES string of the molecule is CC(C)(C)OC(=O)NCC1CCCN(Cc2cnc(Cl)s2)C1. The highest BCUT2D eigenvalue weighted by Crippen LogP contribution is 2.23. The molecule has 1 N–H and O–H groups in total. The lowest BCUT2D eigenvalue weighted by Gasteiger charge is -2.32. The molecule has 1 aromatic heterocycles. The summed E-state index contributed by atoms with van der Waals surface area (Å²) in [6, 6.07) is 0. The lowest BCUT2D eigenvalue weighted by molar-refractivity contribution is 0.0506. The van der Waals surface area contributed by atoms with Gasteiger partial charge in [-0.1, -0.05) is 11.6 Å². The van der Waals surface area contributed by atoms with E-state index >= 15 is 0 Å². The number of carbonyl (C=O) groups is 1. The fourth-order valence-corrected chi connectivity index (χ4v) is 3.60. The molecule has 1 aromatic rings. The van der Waals surface area contributed by atoms with E-state index < -0.39 is 5.60 Å². The summed E-state index contributed by atoms with van der Waals surface area (Å²) in [5.41, 5.74) is -0.450. The van der Waals surface area contributed by atoms with Crippen molar-refractivity contribution in [2.75, 3.05) is 19.6 Å². The molecule has 0 saturated carbocycles. The number of thiazole rings is 1. The first-order chi connectivity index (χ1) is 10.3. The molecule has 0 aliphatic carbocycles. The van der Waals surface area contributed by atoms with Crippen LogP contribution in [-0.2, 0) is 11.3 Å². The van der Waals surface area contributed by atoms with Crippen LogP contribution in [0, 0.1) is 5.92 Å². The van der Waals surface area contributed by atoms with Gasteiger partial charge in [0.15, 0.2) is 4.47 Å². The van der Waals surface area contributed by atoms with Gasteiger partial charge in [-0.05, 0) is 46.1 Å². The third-order valence-electron chi connectivity index (χ3n) is 3.44. The number of piperidine rings is 1. The number of rotatable bonds is 4. The van der Waals surface area contributed by atoms with E-state index in [1.54, 1.807) is 0 Å². The van der Waals surface area contributed by atoms with Crippen LogP contribution in [0.1, 0.15) is 38.5 Å². The van der Waals surface area contributed by atoms with E-state index in [1.165, 1.54) is 16.2 Å². The molecular weight excluding hydrogens is 322 g/mol. The van der Waals surface area contributed by atoms with Crippen LogP contribution < -0.4 is 5.32 Å². The van der Waals surface area contributed by atoms with Crippen molar-refractivity contribution < 1.29 is 9.53 Å². The number of nitrogens with zero attached hydrogens (tertiary/aromatic N) is 2. The molecule has 1 aliphatic heterocycles. The molecule has 0 radical (unpaired) electrons. The predicted octanol–water partition coefficient (Wildman–Crippen LogP) is 3.53. The van der Waals surface area contributed by atoms with Crippen molar-refractivity contribution in [2.24, 2.45) is 5.92 Å². The van der Waals surface area contributed by atoms with Gasteiger partial charge in [-0.15, -0.1) is 11.3 Å². The molecule has 0 aromatic carbocycles. The van der Waals surface area contributed by atoms with Gasteiger partial charge >= 0.3 is 6.09 Å². The molecule has 0 bridgehead atoms. The normalized spacial score (nSPS) is 19.9.